The van der Waals surface area contributed by atoms with Crippen molar-refractivity contribution in [3.05, 3.63) is 27.7 Å². The van der Waals surface area contributed by atoms with Crippen molar-refractivity contribution < 1.29 is 9.47 Å². The van der Waals surface area contributed by atoms with Crippen LogP contribution in [0.25, 0.3) is 0 Å². The lowest BCUT2D eigenvalue weighted by atomic mass is 9.91. The first-order valence-electron chi connectivity index (χ1n) is 6.94. The highest BCUT2D eigenvalue weighted by atomic mass is 79.9. The molecule has 1 fully saturated rings. The monoisotopic (exact) mass is 325 g/mol. The Balaban J connectivity index is 1.76. The summed E-state index contributed by atoms with van der Waals surface area (Å²) in [5, 5.41) is 0. The maximum atomic E-state index is 6.37. The molecule has 0 radical (unpaired) electrons. The first-order valence-corrected chi connectivity index (χ1v) is 7.74. The van der Waals surface area contributed by atoms with Crippen LogP contribution in [0.1, 0.15) is 24.5 Å². The summed E-state index contributed by atoms with van der Waals surface area (Å²) >= 11 is 3.58. The van der Waals surface area contributed by atoms with Gasteiger partial charge in [-0.1, -0.05) is 15.9 Å². The van der Waals surface area contributed by atoms with Crippen LogP contribution in [-0.4, -0.2) is 25.4 Å². The van der Waals surface area contributed by atoms with Crippen molar-refractivity contribution in [3.8, 4) is 5.75 Å². The van der Waals surface area contributed by atoms with Crippen molar-refractivity contribution in [1.29, 1.82) is 0 Å². The molecule has 19 heavy (non-hydrogen) atoms. The third-order valence-corrected chi connectivity index (χ3v) is 4.57. The van der Waals surface area contributed by atoms with Crippen LogP contribution in [0.5, 0.6) is 5.75 Å². The van der Waals surface area contributed by atoms with E-state index >= 15 is 0 Å². The Hall–Kier alpha value is -0.580. The van der Waals surface area contributed by atoms with Gasteiger partial charge >= 0.3 is 0 Å². The van der Waals surface area contributed by atoms with E-state index in [1.807, 2.05) is 0 Å². The number of hydrogen-bond acceptors (Lipinski definition) is 3. The van der Waals surface area contributed by atoms with Gasteiger partial charge in [-0.2, -0.15) is 0 Å². The van der Waals surface area contributed by atoms with Crippen LogP contribution in [0.2, 0.25) is 0 Å². The van der Waals surface area contributed by atoms with Crippen LogP contribution in [0.4, 0.5) is 0 Å². The lowest BCUT2D eigenvalue weighted by Gasteiger charge is -2.19. The molecule has 2 aliphatic rings. The largest absolute Gasteiger partial charge is 0.493 e. The normalized spacial score (nSPS) is 27.1. The molecule has 1 aromatic rings. The number of rotatable bonds is 3. The summed E-state index contributed by atoms with van der Waals surface area (Å²) in [7, 11) is 0. The van der Waals surface area contributed by atoms with Crippen molar-refractivity contribution >= 4 is 15.9 Å². The Kier molecular flexibility index (Phi) is 3.83. The first-order chi connectivity index (χ1) is 9.13. The molecule has 2 aliphatic heterocycles. The second kappa shape index (κ2) is 5.43. The lowest BCUT2D eigenvalue weighted by Crippen LogP contribution is -2.32. The van der Waals surface area contributed by atoms with Gasteiger partial charge in [0, 0.05) is 22.9 Å². The predicted octanol–water partition coefficient (Wildman–Crippen LogP) is 2.68. The van der Waals surface area contributed by atoms with Gasteiger partial charge in [-0.15, -0.1) is 0 Å². The Bertz CT molecular complexity index is 477. The minimum Gasteiger partial charge on any atom is -0.493 e. The van der Waals surface area contributed by atoms with Crippen LogP contribution in [0.15, 0.2) is 16.6 Å². The second-order valence-electron chi connectivity index (χ2n) is 5.66. The molecule has 0 spiro atoms. The maximum Gasteiger partial charge on any atom is 0.125 e. The van der Waals surface area contributed by atoms with Crippen LogP contribution < -0.4 is 10.5 Å². The zero-order chi connectivity index (χ0) is 13.4. The minimum absolute atomic E-state index is 0.146. The van der Waals surface area contributed by atoms with E-state index in [1.54, 1.807) is 0 Å². The van der Waals surface area contributed by atoms with Crippen LogP contribution in [0, 0.1) is 5.92 Å². The van der Waals surface area contributed by atoms with Crippen LogP contribution in [0.3, 0.4) is 0 Å². The zero-order valence-corrected chi connectivity index (χ0v) is 12.8. The van der Waals surface area contributed by atoms with Gasteiger partial charge in [0.2, 0.25) is 0 Å². The van der Waals surface area contributed by atoms with Gasteiger partial charge < -0.3 is 15.2 Å². The van der Waals surface area contributed by atoms with Crippen molar-refractivity contribution in [2.24, 2.45) is 11.7 Å². The van der Waals surface area contributed by atoms with Gasteiger partial charge in [-0.05, 0) is 43.0 Å². The summed E-state index contributed by atoms with van der Waals surface area (Å²) in [4.78, 5) is 0. The molecule has 104 valence electrons. The molecule has 1 aromatic carbocycles. The summed E-state index contributed by atoms with van der Waals surface area (Å²) in [5.41, 5.74) is 8.90. The van der Waals surface area contributed by atoms with Crippen molar-refractivity contribution in [3.63, 3.8) is 0 Å². The zero-order valence-electron chi connectivity index (χ0n) is 11.2. The molecule has 0 aromatic heterocycles. The molecule has 3 unspecified atom stereocenters. The van der Waals surface area contributed by atoms with Gasteiger partial charge in [0.05, 0.1) is 19.3 Å². The maximum absolute atomic E-state index is 6.37. The molecule has 0 bridgehead atoms. The fourth-order valence-corrected chi connectivity index (χ4v) is 3.62. The molecule has 3 atom stereocenters. The highest BCUT2D eigenvalue weighted by molar-refractivity contribution is 9.10. The topological polar surface area (TPSA) is 44.5 Å². The minimum atomic E-state index is 0.146. The average molecular weight is 326 g/mol. The lowest BCUT2D eigenvalue weighted by molar-refractivity contribution is 0.118. The van der Waals surface area contributed by atoms with Crippen LogP contribution in [-0.2, 0) is 17.6 Å². The van der Waals surface area contributed by atoms with E-state index in [9.17, 15) is 0 Å². The molecule has 3 rings (SSSR count). The van der Waals surface area contributed by atoms with E-state index in [4.69, 9.17) is 15.2 Å². The molecule has 1 saturated heterocycles. The highest BCUT2D eigenvalue weighted by Gasteiger charge is 2.29. The van der Waals surface area contributed by atoms with Gasteiger partial charge in [-0.25, -0.2) is 0 Å². The standard InChI is InChI=1S/C15H20BrNO2/c1-9-4-12(8-19-9)14(17)7-11-6-13(16)5-10-2-3-18-15(10)11/h5-6,9,12,14H,2-4,7-8,17H2,1H3. The Morgan fingerprint density at radius 2 is 2.32 bits per heavy atom. The molecule has 2 heterocycles. The summed E-state index contributed by atoms with van der Waals surface area (Å²) in [6.07, 6.45) is 3.28. The highest BCUT2D eigenvalue weighted by Crippen LogP contribution is 2.34. The van der Waals surface area contributed by atoms with E-state index in [-0.39, 0.29) is 6.04 Å². The Morgan fingerprint density at radius 1 is 1.47 bits per heavy atom. The van der Waals surface area contributed by atoms with E-state index in [1.165, 1.54) is 11.1 Å². The predicted molar refractivity (Wildman–Crippen MR) is 78.5 cm³/mol. The molecule has 0 aliphatic carbocycles. The third-order valence-electron chi connectivity index (χ3n) is 4.12. The van der Waals surface area contributed by atoms with Gasteiger partial charge in [0.25, 0.3) is 0 Å². The molecular formula is C15H20BrNO2. The number of fused-ring (bicyclic) bond motifs is 1. The second-order valence-corrected chi connectivity index (χ2v) is 6.58. The fourth-order valence-electron chi connectivity index (χ4n) is 3.07. The van der Waals surface area contributed by atoms with Crippen molar-refractivity contribution in [2.45, 2.75) is 38.3 Å². The summed E-state index contributed by atoms with van der Waals surface area (Å²) in [5.74, 6) is 1.52. The number of ether oxygens (including phenoxy) is 2. The van der Waals surface area contributed by atoms with Crippen molar-refractivity contribution in [2.75, 3.05) is 13.2 Å². The Labute approximate surface area is 122 Å². The van der Waals surface area contributed by atoms with Gasteiger partial charge in [0.1, 0.15) is 5.75 Å². The Morgan fingerprint density at radius 3 is 3.05 bits per heavy atom. The molecule has 0 amide bonds. The molecule has 2 N–H and O–H groups in total. The molecular weight excluding hydrogens is 306 g/mol. The molecule has 0 saturated carbocycles. The van der Waals surface area contributed by atoms with Gasteiger partial charge in [-0.3, -0.25) is 0 Å². The smallest absolute Gasteiger partial charge is 0.125 e. The molecule has 3 nitrogen and oxygen atoms in total. The first kappa shape index (κ1) is 13.4. The van der Waals surface area contributed by atoms with Gasteiger partial charge in [0.15, 0.2) is 0 Å². The summed E-state index contributed by atoms with van der Waals surface area (Å²) < 4.78 is 12.5. The quantitative estimate of drug-likeness (QED) is 0.929. The van der Waals surface area contributed by atoms with Crippen LogP contribution >= 0.6 is 15.9 Å². The van der Waals surface area contributed by atoms with Crippen molar-refractivity contribution in [1.82, 2.24) is 0 Å². The number of hydrogen-bond donors (Lipinski definition) is 1. The van der Waals surface area contributed by atoms with E-state index in [0.29, 0.717) is 12.0 Å². The number of benzene rings is 1. The number of nitrogens with two attached hydrogens (primary N) is 1. The van der Waals surface area contributed by atoms with E-state index < -0.39 is 0 Å². The summed E-state index contributed by atoms with van der Waals surface area (Å²) in [6, 6.07) is 4.44. The average Bonchev–Trinajstić information content (AvgIpc) is 2.97. The summed E-state index contributed by atoms with van der Waals surface area (Å²) in [6.45, 7) is 3.70. The number of halogens is 1. The third kappa shape index (κ3) is 2.81. The molecule has 4 heteroatoms. The van der Waals surface area contributed by atoms with E-state index in [0.717, 1.165) is 42.7 Å². The van der Waals surface area contributed by atoms with E-state index in [2.05, 4.69) is 35.0 Å². The SMILES string of the molecule is CC1CC(C(N)Cc2cc(Br)cc3c2OCC3)CO1. The fraction of sp³-hybridized carbons (Fsp3) is 0.600.